The average Bonchev–Trinajstić information content (AvgIpc) is 2.02. The largest absolute Gasteiger partial charge is 0.373 e. The third-order valence-corrected chi connectivity index (χ3v) is 3.44. The number of morpholine rings is 1. The third-order valence-electron chi connectivity index (χ3n) is 2.34. The van der Waals surface area contributed by atoms with Crippen LogP contribution in [0.25, 0.3) is 0 Å². The molecule has 1 saturated heterocycles. The van der Waals surface area contributed by atoms with Crippen molar-refractivity contribution in [3.8, 4) is 0 Å². The number of halogens is 1. The van der Waals surface area contributed by atoms with Crippen LogP contribution >= 0.6 is 15.9 Å². The van der Waals surface area contributed by atoms with Crippen molar-refractivity contribution in [1.29, 1.82) is 0 Å². The molecule has 3 heteroatoms. The van der Waals surface area contributed by atoms with Crippen LogP contribution in [0.5, 0.6) is 0 Å². The molecule has 1 fully saturated rings. The fourth-order valence-electron chi connectivity index (χ4n) is 1.76. The van der Waals surface area contributed by atoms with Crippen LogP contribution in [0, 0.1) is 5.92 Å². The number of hydrogen-bond acceptors (Lipinski definition) is 2. The predicted octanol–water partition coefficient (Wildman–Crippen LogP) is 2.13. The highest BCUT2D eigenvalue weighted by Crippen LogP contribution is 2.17. The summed E-state index contributed by atoms with van der Waals surface area (Å²) >= 11 is 3.51. The van der Waals surface area contributed by atoms with Gasteiger partial charge in [-0.1, -0.05) is 22.9 Å². The second kappa shape index (κ2) is 4.76. The van der Waals surface area contributed by atoms with E-state index in [1.54, 1.807) is 0 Å². The Morgan fingerprint density at radius 3 is 2.77 bits per heavy atom. The summed E-state index contributed by atoms with van der Waals surface area (Å²) in [5, 5.41) is 1.09. The Bertz CT molecular complexity index is 161. The van der Waals surface area contributed by atoms with Crippen LogP contribution in [-0.2, 0) is 4.74 Å². The van der Waals surface area contributed by atoms with Crippen LogP contribution in [0.1, 0.15) is 20.8 Å². The number of alkyl halides is 1. The molecule has 1 atom stereocenters. The Kier molecular flexibility index (Phi) is 4.20. The van der Waals surface area contributed by atoms with Crippen LogP contribution in [0.15, 0.2) is 0 Å². The molecule has 0 radical (unpaired) electrons. The van der Waals surface area contributed by atoms with Crippen molar-refractivity contribution >= 4 is 15.9 Å². The van der Waals surface area contributed by atoms with Gasteiger partial charge in [0.25, 0.3) is 0 Å². The first-order chi connectivity index (χ1) is 6.03. The quantitative estimate of drug-likeness (QED) is 0.711. The van der Waals surface area contributed by atoms with Gasteiger partial charge in [0.15, 0.2) is 0 Å². The van der Waals surface area contributed by atoms with E-state index < -0.39 is 0 Å². The van der Waals surface area contributed by atoms with Gasteiger partial charge in [-0.05, 0) is 19.8 Å². The minimum absolute atomic E-state index is 0.0459. The minimum atomic E-state index is 0.0459. The first-order valence-electron chi connectivity index (χ1n) is 4.96. The molecule has 1 aliphatic rings. The van der Waals surface area contributed by atoms with Crippen LogP contribution in [-0.4, -0.2) is 42.1 Å². The monoisotopic (exact) mass is 249 g/mol. The summed E-state index contributed by atoms with van der Waals surface area (Å²) in [6.07, 6.45) is 0. The number of ether oxygens (including phenoxy) is 1. The van der Waals surface area contributed by atoms with E-state index in [0.717, 1.165) is 30.9 Å². The van der Waals surface area contributed by atoms with Gasteiger partial charge in [0, 0.05) is 25.0 Å². The molecule has 78 valence electrons. The first kappa shape index (κ1) is 11.5. The lowest BCUT2D eigenvalue weighted by molar-refractivity contribution is -0.0879. The normalized spacial score (nSPS) is 25.8. The zero-order valence-electron chi connectivity index (χ0n) is 8.85. The molecule has 0 aromatic carbocycles. The van der Waals surface area contributed by atoms with Gasteiger partial charge >= 0.3 is 0 Å². The van der Waals surface area contributed by atoms with Gasteiger partial charge in [0.05, 0.1) is 12.2 Å². The molecule has 1 aliphatic heterocycles. The van der Waals surface area contributed by atoms with E-state index >= 15 is 0 Å². The molecule has 2 nitrogen and oxygen atoms in total. The van der Waals surface area contributed by atoms with Crippen molar-refractivity contribution in [2.24, 2.45) is 5.92 Å². The maximum absolute atomic E-state index is 5.66. The Morgan fingerprint density at radius 1 is 1.54 bits per heavy atom. The molecule has 0 aromatic rings. The van der Waals surface area contributed by atoms with E-state index in [1.807, 2.05) is 0 Å². The number of nitrogens with zero attached hydrogens (tertiary/aromatic N) is 1. The van der Waals surface area contributed by atoms with Crippen molar-refractivity contribution in [3.05, 3.63) is 0 Å². The van der Waals surface area contributed by atoms with Crippen LogP contribution < -0.4 is 0 Å². The van der Waals surface area contributed by atoms with Gasteiger partial charge in [-0.25, -0.2) is 0 Å². The standard InChI is InChI=1S/C10H20BrNO/c1-9(6-11)7-12-4-5-13-10(2,3)8-12/h9H,4-8H2,1-3H3. The Morgan fingerprint density at radius 2 is 2.23 bits per heavy atom. The Hall–Kier alpha value is 0.400. The zero-order chi connectivity index (χ0) is 9.90. The Labute approximate surface area is 89.8 Å². The maximum atomic E-state index is 5.66. The van der Waals surface area contributed by atoms with E-state index in [2.05, 4.69) is 41.6 Å². The minimum Gasteiger partial charge on any atom is -0.373 e. The Balaban J connectivity index is 2.34. The zero-order valence-corrected chi connectivity index (χ0v) is 10.4. The van der Waals surface area contributed by atoms with Crippen LogP contribution in [0.3, 0.4) is 0 Å². The fourth-order valence-corrected chi connectivity index (χ4v) is 1.96. The van der Waals surface area contributed by atoms with Gasteiger partial charge < -0.3 is 4.74 Å². The molecule has 0 bridgehead atoms. The van der Waals surface area contributed by atoms with Gasteiger partial charge in [0.2, 0.25) is 0 Å². The van der Waals surface area contributed by atoms with E-state index in [-0.39, 0.29) is 5.60 Å². The molecule has 0 amide bonds. The van der Waals surface area contributed by atoms with Crippen LogP contribution in [0.2, 0.25) is 0 Å². The molecule has 0 N–H and O–H groups in total. The highest BCUT2D eigenvalue weighted by molar-refractivity contribution is 9.09. The summed E-state index contributed by atoms with van der Waals surface area (Å²) in [6, 6.07) is 0. The molecule has 0 aromatic heterocycles. The van der Waals surface area contributed by atoms with Crippen LogP contribution in [0.4, 0.5) is 0 Å². The molecular weight excluding hydrogens is 230 g/mol. The summed E-state index contributed by atoms with van der Waals surface area (Å²) in [5.74, 6) is 0.730. The van der Waals surface area contributed by atoms with E-state index in [4.69, 9.17) is 4.74 Å². The summed E-state index contributed by atoms with van der Waals surface area (Å²) < 4.78 is 5.66. The van der Waals surface area contributed by atoms with E-state index in [9.17, 15) is 0 Å². The lowest BCUT2D eigenvalue weighted by Crippen LogP contribution is -2.49. The lowest BCUT2D eigenvalue weighted by Gasteiger charge is -2.39. The summed E-state index contributed by atoms with van der Waals surface area (Å²) in [5.41, 5.74) is 0.0459. The van der Waals surface area contributed by atoms with Crippen molar-refractivity contribution in [2.75, 3.05) is 31.6 Å². The smallest absolute Gasteiger partial charge is 0.0753 e. The molecule has 1 unspecified atom stereocenters. The van der Waals surface area contributed by atoms with Gasteiger partial charge in [0.1, 0.15) is 0 Å². The summed E-state index contributed by atoms with van der Waals surface area (Å²) in [4.78, 5) is 2.50. The van der Waals surface area contributed by atoms with Crippen molar-refractivity contribution in [3.63, 3.8) is 0 Å². The lowest BCUT2D eigenvalue weighted by atomic mass is 10.1. The van der Waals surface area contributed by atoms with Crippen molar-refractivity contribution in [2.45, 2.75) is 26.4 Å². The SMILES string of the molecule is CC(CBr)CN1CCOC(C)(C)C1. The topological polar surface area (TPSA) is 12.5 Å². The molecular formula is C10H20BrNO. The van der Waals surface area contributed by atoms with Gasteiger partial charge in [-0.3, -0.25) is 4.90 Å². The molecule has 0 spiro atoms. The molecule has 13 heavy (non-hydrogen) atoms. The molecule has 1 heterocycles. The van der Waals surface area contributed by atoms with Crippen molar-refractivity contribution in [1.82, 2.24) is 4.90 Å². The number of rotatable bonds is 3. The maximum Gasteiger partial charge on any atom is 0.0753 e. The third kappa shape index (κ3) is 3.96. The van der Waals surface area contributed by atoms with E-state index in [1.165, 1.54) is 6.54 Å². The highest BCUT2D eigenvalue weighted by Gasteiger charge is 2.27. The summed E-state index contributed by atoms with van der Waals surface area (Å²) in [7, 11) is 0. The van der Waals surface area contributed by atoms with E-state index in [0.29, 0.717) is 0 Å². The molecule has 0 aliphatic carbocycles. The fraction of sp³-hybridized carbons (Fsp3) is 1.00. The second-order valence-corrected chi connectivity index (χ2v) is 5.25. The van der Waals surface area contributed by atoms with Crippen molar-refractivity contribution < 1.29 is 4.74 Å². The van der Waals surface area contributed by atoms with Gasteiger partial charge in [-0.2, -0.15) is 0 Å². The molecule has 1 rings (SSSR count). The van der Waals surface area contributed by atoms with Gasteiger partial charge in [-0.15, -0.1) is 0 Å². The summed E-state index contributed by atoms with van der Waals surface area (Å²) in [6.45, 7) is 10.8. The predicted molar refractivity (Wildman–Crippen MR) is 59.4 cm³/mol. The average molecular weight is 250 g/mol. The first-order valence-corrected chi connectivity index (χ1v) is 6.08. The highest BCUT2D eigenvalue weighted by atomic mass is 79.9. The number of hydrogen-bond donors (Lipinski definition) is 0. The second-order valence-electron chi connectivity index (χ2n) is 4.60. The molecule has 0 saturated carbocycles.